The second-order valence-corrected chi connectivity index (χ2v) is 6.84. The third-order valence-corrected chi connectivity index (χ3v) is 4.89. The predicted octanol–water partition coefficient (Wildman–Crippen LogP) is 0.984. The zero-order chi connectivity index (χ0) is 20.2. The quantitative estimate of drug-likeness (QED) is 0.572. The van der Waals surface area contributed by atoms with Gasteiger partial charge in [-0.1, -0.05) is 6.07 Å². The van der Waals surface area contributed by atoms with Crippen LogP contribution in [0.3, 0.4) is 0 Å². The molecule has 3 N–H and O–H groups in total. The minimum Gasteiger partial charge on any atom is -0.383 e. The highest BCUT2D eigenvalue weighted by atomic mass is 16.5. The molecule has 0 spiro atoms. The van der Waals surface area contributed by atoms with E-state index in [0.29, 0.717) is 36.2 Å². The Kier molecular flexibility index (Phi) is 5.61. The minimum absolute atomic E-state index is 0.0410. The van der Waals surface area contributed by atoms with Gasteiger partial charge in [-0.15, -0.1) is 0 Å². The topological polar surface area (TPSA) is 110 Å². The lowest BCUT2D eigenvalue weighted by Gasteiger charge is -2.11. The molecule has 9 nitrogen and oxygen atoms in total. The molecule has 150 valence electrons. The van der Waals surface area contributed by atoms with E-state index in [-0.39, 0.29) is 17.5 Å². The maximum atomic E-state index is 12.7. The molecule has 2 aromatic heterocycles. The number of amides is 1. The zero-order valence-corrected chi connectivity index (χ0v) is 16.0. The molecule has 1 saturated heterocycles. The molecule has 1 aromatic carbocycles. The van der Waals surface area contributed by atoms with Crippen LogP contribution >= 0.6 is 0 Å². The number of nitrogens with one attached hydrogen (secondary N) is 3. The van der Waals surface area contributed by atoms with Gasteiger partial charge in [0, 0.05) is 19.0 Å². The van der Waals surface area contributed by atoms with E-state index in [4.69, 9.17) is 4.74 Å². The summed E-state index contributed by atoms with van der Waals surface area (Å²) in [6.07, 6.45) is 3.81. The molecule has 29 heavy (non-hydrogen) atoms. The van der Waals surface area contributed by atoms with Gasteiger partial charge in [0.2, 0.25) is 5.91 Å². The number of rotatable bonds is 6. The van der Waals surface area contributed by atoms with Crippen molar-refractivity contribution < 1.29 is 9.53 Å². The summed E-state index contributed by atoms with van der Waals surface area (Å²) in [6.45, 7) is 0.836. The third-order valence-electron chi connectivity index (χ3n) is 4.89. The van der Waals surface area contributed by atoms with Crippen LogP contribution in [0.2, 0.25) is 0 Å². The molecule has 1 amide bonds. The first-order valence-electron chi connectivity index (χ1n) is 9.36. The molecule has 0 bridgehead atoms. The van der Waals surface area contributed by atoms with Crippen molar-refractivity contribution in [3.8, 4) is 0 Å². The van der Waals surface area contributed by atoms with Gasteiger partial charge in [-0.05, 0) is 36.8 Å². The summed E-state index contributed by atoms with van der Waals surface area (Å²) in [5.41, 5.74) is 7.96. The number of aromatic nitrogens is 3. The minimum atomic E-state index is -0.412. The Bertz CT molecular complexity index is 1070. The number of hydrazine groups is 1. The van der Waals surface area contributed by atoms with Crippen molar-refractivity contribution in [2.45, 2.75) is 25.0 Å². The fourth-order valence-corrected chi connectivity index (χ4v) is 3.32. The summed E-state index contributed by atoms with van der Waals surface area (Å²) in [7, 11) is 1.58. The number of nitrogens with zero attached hydrogens (tertiary/aromatic N) is 3. The molecule has 1 aliphatic rings. The molecule has 1 aliphatic heterocycles. The van der Waals surface area contributed by atoms with Gasteiger partial charge in [-0.2, -0.15) is 0 Å². The second kappa shape index (κ2) is 8.48. The highest BCUT2D eigenvalue weighted by Crippen LogP contribution is 2.21. The van der Waals surface area contributed by atoms with Crippen molar-refractivity contribution in [2.75, 3.05) is 19.0 Å². The zero-order valence-electron chi connectivity index (χ0n) is 16.0. The van der Waals surface area contributed by atoms with Crippen LogP contribution in [0, 0.1) is 0 Å². The molecular weight excluding hydrogens is 372 g/mol. The Hall–Kier alpha value is -3.14. The molecule has 2 unspecified atom stereocenters. The van der Waals surface area contributed by atoms with Crippen molar-refractivity contribution in [1.82, 2.24) is 25.4 Å². The lowest BCUT2D eigenvalue weighted by molar-refractivity contribution is -0.117. The van der Waals surface area contributed by atoms with Gasteiger partial charge >= 0.3 is 0 Å². The fraction of sp³-hybridized carbons (Fsp3) is 0.300. The number of methoxy groups -OCH3 is 1. The van der Waals surface area contributed by atoms with Crippen LogP contribution in [-0.2, 0) is 16.1 Å². The van der Waals surface area contributed by atoms with Crippen LogP contribution in [0.1, 0.15) is 18.2 Å². The van der Waals surface area contributed by atoms with Crippen molar-refractivity contribution in [1.29, 1.82) is 0 Å². The molecule has 2 atom stereocenters. The van der Waals surface area contributed by atoms with E-state index in [0.717, 1.165) is 5.69 Å². The molecule has 0 aliphatic carbocycles. The largest absolute Gasteiger partial charge is 0.383 e. The van der Waals surface area contributed by atoms with E-state index in [9.17, 15) is 9.59 Å². The highest BCUT2D eigenvalue weighted by molar-refractivity contribution is 5.96. The Morgan fingerprint density at radius 3 is 2.97 bits per heavy atom. The monoisotopic (exact) mass is 394 g/mol. The van der Waals surface area contributed by atoms with Gasteiger partial charge in [-0.3, -0.25) is 19.1 Å². The predicted molar refractivity (Wildman–Crippen MR) is 108 cm³/mol. The number of carbonyl (C=O) groups excluding carboxylic acids is 1. The number of carbonyl (C=O) groups is 1. The van der Waals surface area contributed by atoms with Gasteiger partial charge < -0.3 is 10.1 Å². The lowest BCUT2D eigenvalue weighted by Crippen LogP contribution is -2.39. The molecular formula is C20H22N6O3. The fourth-order valence-electron chi connectivity index (χ4n) is 3.32. The SMILES string of the molecule is COCCn1cnc2ccc(NC(=O)C3CC(c4ccccn4)NN3)cc2c1=O. The van der Waals surface area contributed by atoms with Crippen LogP contribution in [0.4, 0.5) is 5.69 Å². The lowest BCUT2D eigenvalue weighted by atomic mass is 10.1. The maximum Gasteiger partial charge on any atom is 0.261 e. The summed E-state index contributed by atoms with van der Waals surface area (Å²) >= 11 is 0. The van der Waals surface area contributed by atoms with Gasteiger partial charge in [-0.25, -0.2) is 15.8 Å². The molecule has 0 radical (unpaired) electrons. The summed E-state index contributed by atoms with van der Waals surface area (Å²) in [4.78, 5) is 34.0. The van der Waals surface area contributed by atoms with Crippen LogP contribution in [-0.4, -0.2) is 40.2 Å². The summed E-state index contributed by atoms with van der Waals surface area (Å²) in [5.74, 6) is -0.182. The van der Waals surface area contributed by atoms with Gasteiger partial charge in [0.25, 0.3) is 5.56 Å². The number of ether oxygens (including phenoxy) is 1. The van der Waals surface area contributed by atoms with E-state index < -0.39 is 6.04 Å². The Morgan fingerprint density at radius 1 is 1.28 bits per heavy atom. The smallest absolute Gasteiger partial charge is 0.261 e. The Balaban J connectivity index is 1.48. The number of pyridine rings is 1. The average molecular weight is 394 g/mol. The molecule has 0 saturated carbocycles. The first-order valence-corrected chi connectivity index (χ1v) is 9.36. The second-order valence-electron chi connectivity index (χ2n) is 6.84. The molecule has 9 heteroatoms. The standard InChI is InChI=1S/C20H22N6O3/c1-29-9-8-26-12-22-15-6-5-13(10-14(15)20(26)28)23-19(27)18-11-17(24-25-18)16-4-2-3-7-21-16/h2-7,10,12,17-18,24-25H,8-9,11H2,1H3,(H,23,27). The number of fused-ring (bicyclic) bond motifs is 1. The summed E-state index contributed by atoms with van der Waals surface area (Å²) in [6, 6.07) is 10.4. The molecule has 4 rings (SSSR count). The van der Waals surface area contributed by atoms with Gasteiger partial charge in [0.15, 0.2) is 0 Å². The normalized spacial score (nSPS) is 18.8. The van der Waals surface area contributed by atoms with Crippen LogP contribution in [0.5, 0.6) is 0 Å². The van der Waals surface area contributed by atoms with Crippen molar-refractivity contribution >= 4 is 22.5 Å². The van der Waals surface area contributed by atoms with E-state index >= 15 is 0 Å². The summed E-state index contributed by atoms with van der Waals surface area (Å²) < 4.78 is 6.52. The average Bonchev–Trinajstić information content (AvgIpc) is 3.25. The van der Waals surface area contributed by atoms with Crippen molar-refractivity contribution in [3.63, 3.8) is 0 Å². The van der Waals surface area contributed by atoms with Crippen molar-refractivity contribution in [2.24, 2.45) is 0 Å². The van der Waals surface area contributed by atoms with E-state index in [1.54, 1.807) is 31.5 Å². The first kappa shape index (κ1) is 19.2. The number of hydrogen-bond donors (Lipinski definition) is 3. The van der Waals surface area contributed by atoms with E-state index in [1.807, 2.05) is 18.2 Å². The van der Waals surface area contributed by atoms with Crippen molar-refractivity contribution in [3.05, 3.63) is 65.0 Å². The molecule has 1 fully saturated rings. The van der Waals surface area contributed by atoms with Crippen LogP contribution in [0.25, 0.3) is 10.9 Å². The molecule has 3 aromatic rings. The Morgan fingerprint density at radius 2 is 2.17 bits per heavy atom. The highest BCUT2D eigenvalue weighted by Gasteiger charge is 2.30. The Labute approximate surface area is 167 Å². The van der Waals surface area contributed by atoms with Crippen LogP contribution in [0.15, 0.2) is 53.7 Å². The summed E-state index contributed by atoms with van der Waals surface area (Å²) in [5, 5.41) is 3.32. The molecule has 3 heterocycles. The third kappa shape index (κ3) is 4.16. The first-order chi connectivity index (χ1) is 14.2. The van der Waals surface area contributed by atoms with Crippen LogP contribution < -0.4 is 21.7 Å². The number of anilines is 1. The van der Waals surface area contributed by atoms with Gasteiger partial charge in [0.05, 0.1) is 42.1 Å². The number of benzene rings is 1. The number of hydrogen-bond acceptors (Lipinski definition) is 7. The van der Waals surface area contributed by atoms with E-state index in [1.165, 1.54) is 10.9 Å². The van der Waals surface area contributed by atoms with E-state index in [2.05, 4.69) is 26.1 Å². The van der Waals surface area contributed by atoms with Gasteiger partial charge in [0.1, 0.15) is 6.04 Å². The maximum absolute atomic E-state index is 12.7.